The molecule has 1 saturated heterocycles. The molecular weight excluding hydrogens is 366 g/mol. The van der Waals surface area contributed by atoms with Gasteiger partial charge in [-0.3, -0.25) is 9.69 Å². The van der Waals surface area contributed by atoms with Crippen molar-refractivity contribution in [2.24, 2.45) is 5.10 Å². The van der Waals surface area contributed by atoms with Gasteiger partial charge in [-0.2, -0.15) is 5.10 Å². The van der Waals surface area contributed by atoms with Gasteiger partial charge in [0.25, 0.3) is 0 Å². The van der Waals surface area contributed by atoms with E-state index in [1.54, 1.807) is 11.3 Å². The zero-order valence-electron chi connectivity index (χ0n) is 15.0. The van der Waals surface area contributed by atoms with Crippen molar-refractivity contribution in [2.75, 3.05) is 32.8 Å². The lowest BCUT2D eigenvalue weighted by atomic mass is 10.0. The second-order valence-corrected chi connectivity index (χ2v) is 7.17. The Labute approximate surface area is 163 Å². The van der Waals surface area contributed by atoms with E-state index in [1.165, 1.54) is 0 Å². The molecule has 7 heteroatoms. The molecule has 3 heterocycles. The van der Waals surface area contributed by atoms with Gasteiger partial charge in [-0.1, -0.05) is 23.7 Å². The molecule has 0 unspecified atom stereocenters. The zero-order chi connectivity index (χ0) is 18.6. The van der Waals surface area contributed by atoms with Crippen molar-refractivity contribution >= 4 is 23.2 Å². The summed E-state index contributed by atoms with van der Waals surface area (Å²) in [6.45, 7) is 3.91. The lowest BCUT2D eigenvalue weighted by molar-refractivity contribution is -0.134. The molecule has 0 N–H and O–H groups in total. The number of halogens is 1. The van der Waals surface area contributed by atoms with Gasteiger partial charge in [0.15, 0.2) is 0 Å². The summed E-state index contributed by atoms with van der Waals surface area (Å²) in [7, 11) is 0. The molecule has 1 atom stereocenters. The van der Waals surface area contributed by atoms with Crippen LogP contribution in [0.3, 0.4) is 0 Å². The van der Waals surface area contributed by atoms with E-state index < -0.39 is 0 Å². The van der Waals surface area contributed by atoms with Gasteiger partial charge >= 0.3 is 0 Å². The largest absolute Gasteiger partial charge is 0.467 e. The molecule has 142 valence electrons. The number of benzene rings is 1. The molecule has 0 aliphatic carbocycles. The molecule has 27 heavy (non-hydrogen) atoms. The minimum atomic E-state index is -0.206. The summed E-state index contributed by atoms with van der Waals surface area (Å²) in [5, 5.41) is 6.91. The first-order valence-electron chi connectivity index (χ1n) is 9.20. The first-order chi connectivity index (χ1) is 13.2. The summed E-state index contributed by atoms with van der Waals surface area (Å²) < 4.78 is 10.9. The second kappa shape index (κ2) is 8.25. The molecule has 2 aliphatic heterocycles. The lowest BCUT2D eigenvalue weighted by Gasteiger charge is -2.27. The molecule has 0 radical (unpaired) electrons. The van der Waals surface area contributed by atoms with Crippen LogP contribution in [0.4, 0.5) is 0 Å². The summed E-state index contributed by atoms with van der Waals surface area (Å²) in [6.07, 6.45) is 2.68. The number of carbonyl (C=O) groups is 1. The number of hydrazone groups is 1. The maximum absolute atomic E-state index is 12.9. The molecule has 1 amide bonds. The Morgan fingerprint density at radius 2 is 1.96 bits per heavy atom. The number of ether oxygens (including phenoxy) is 1. The predicted octanol–water partition coefficient (Wildman–Crippen LogP) is 3.33. The van der Waals surface area contributed by atoms with Gasteiger partial charge in [-0.15, -0.1) is 0 Å². The number of hydrogen-bond donors (Lipinski definition) is 0. The standard InChI is InChI=1S/C20H22ClN3O3/c21-16-5-3-15(4-6-16)17-14-18(19-2-1-11-27-19)24(22-17)20(25)7-8-23-9-12-26-13-10-23/h1-6,11,18H,7-10,12-14H2/t18-/m0/s1. The zero-order valence-corrected chi connectivity index (χ0v) is 15.8. The van der Waals surface area contributed by atoms with E-state index in [0.29, 0.717) is 17.9 Å². The Balaban J connectivity index is 1.50. The van der Waals surface area contributed by atoms with Crippen molar-refractivity contribution in [3.63, 3.8) is 0 Å². The average Bonchev–Trinajstić information content (AvgIpc) is 3.37. The summed E-state index contributed by atoms with van der Waals surface area (Å²) in [5.74, 6) is 0.759. The van der Waals surface area contributed by atoms with Crippen LogP contribution in [0, 0.1) is 0 Å². The fourth-order valence-electron chi connectivity index (χ4n) is 3.45. The van der Waals surface area contributed by atoms with Crippen LogP contribution in [-0.2, 0) is 9.53 Å². The van der Waals surface area contributed by atoms with Crippen molar-refractivity contribution in [1.82, 2.24) is 9.91 Å². The van der Waals surface area contributed by atoms with E-state index in [0.717, 1.165) is 49.9 Å². The van der Waals surface area contributed by atoms with Gasteiger partial charge in [0.2, 0.25) is 5.91 Å². The molecule has 1 aromatic carbocycles. The molecule has 1 fully saturated rings. The molecule has 2 aromatic rings. The Kier molecular flexibility index (Phi) is 5.57. The highest BCUT2D eigenvalue weighted by atomic mass is 35.5. The van der Waals surface area contributed by atoms with Gasteiger partial charge < -0.3 is 9.15 Å². The van der Waals surface area contributed by atoms with E-state index in [2.05, 4.69) is 10.0 Å². The van der Waals surface area contributed by atoms with Crippen molar-refractivity contribution in [3.05, 3.63) is 59.0 Å². The lowest BCUT2D eigenvalue weighted by Crippen LogP contribution is -2.39. The molecule has 0 saturated carbocycles. The van der Waals surface area contributed by atoms with Gasteiger partial charge in [0, 0.05) is 37.5 Å². The smallest absolute Gasteiger partial charge is 0.244 e. The third kappa shape index (κ3) is 4.24. The normalized spacial score (nSPS) is 20.7. The van der Waals surface area contributed by atoms with Gasteiger partial charge in [-0.25, -0.2) is 5.01 Å². The van der Waals surface area contributed by atoms with Crippen molar-refractivity contribution < 1.29 is 13.9 Å². The minimum Gasteiger partial charge on any atom is -0.467 e. The van der Waals surface area contributed by atoms with Crippen LogP contribution in [0.5, 0.6) is 0 Å². The predicted molar refractivity (Wildman–Crippen MR) is 103 cm³/mol. The monoisotopic (exact) mass is 387 g/mol. The fraction of sp³-hybridized carbons (Fsp3) is 0.400. The number of carbonyl (C=O) groups excluding carboxylic acids is 1. The number of furan rings is 1. The molecule has 6 nitrogen and oxygen atoms in total. The van der Waals surface area contributed by atoms with E-state index in [4.69, 9.17) is 20.8 Å². The van der Waals surface area contributed by atoms with Crippen molar-refractivity contribution in [1.29, 1.82) is 0 Å². The summed E-state index contributed by atoms with van der Waals surface area (Å²) in [5.41, 5.74) is 1.84. The summed E-state index contributed by atoms with van der Waals surface area (Å²) >= 11 is 5.99. The van der Waals surface area contributed by atoms with Gasteiger partial charge in [-0.05, 0) is 29.8 Å². The molecule has 0 bridgehead atoms. The second-order valence-electron chi connectivity index (χ2n) is 6.73. The van der Waals surface area contributed by atoms with Crippen LogP contribution in [0.25, 0.3) is 0 Å². The Hall–Kier alpha value is -2.15. The third-order valence-electron chi connectivity index (χ3n) is 4.96. The summed E-state index contributed by atoms with van der Waals surface area (Å²) in [6, 6.07) is 11.1. The number of nitrogens with zero attached hydrogens (tertiary/aromatic N) is 3. The van der Waals surface area contributed by atoms with Gasteiger partial charge in [0.05, 0.1) is 25.2 Å². The molecular formula is C20H22ClN3O3. The first kappa shape index (κ1) is 18.2. The van der Waals surface area contributed by atoms with Crippen LogP contribution >= 0.6 is 11.6 Å². The topological polar surface area (TPSA) is 58.3 Å². The van der Waals surface area contributed by atoms with Crippen LogP contribution in [0.2, 0.25) is 5.02 Å². The van der Waals surface area contributed by atoms with E-state index in [-0.39, 0.29) is 11.9 Å². The minimum absolute atomic E-state index is 0.00635. The highest BCUT2D eigenvalue weighted by Crippen LogP contribution is 2.33. The van der Waals surface area contributed by atoms with E-state index >= 15 is 0 Å². The highest BCUT2D eigenvalue weighted by molar-refractivity contribution is 6.30. The number of morpholine rings is 1. The van der Waals surface area contributed by atoms with Gasteiger partial charge in [0.1, 0.15) is 11.8 Å². The SMILES string of the molecule is O=C(CCN1CCOCC1)N1N=C(c2ccc(Cl)cc2)C[C@H]1c1ccco1. The number of rotatable bonds is 5. The summed E-state index contributed by atoms with van der Waals surface area (Å²) in [4.78, 5) is 15.2. The average molecular weight is 388 g/mol. The third-order valence-corrected chi connectivity index (χ3v) is 5.21. The van der Waals surface area contributed by atoms with Crippen LogP contribution in [-0.4, -0.2) is 54.4 Å². The molecule has 1 aromatic heterocycles. The highest BCUT2D eigenvalue weighted by Gasteiger charge is 2.34. The quantitative estimate of drug-likeness (QED) is 0.789. The van der Waals surface area contributed by atoms with Crippen LogP contribution in [0.15, 0.2) is 52.2 Å². The van der Waals surface area contributed by atoms with Crippen LogP contribution < -0.4 is 0 Å². The Morgan fingerprint density at radius 3 is 2.67 bits per heavy atom. The maximum Gasteiger partial charge on any atom is 0.244 e. The van der Waals surface area contributed by atoms with Crippen molar-refractivity contribution in [2.45, 2.75) is 18.9 Å². The molecule has 4 rings (SSSR count). The first-order valence-corrected chi connectivity index (χ1v) is 9.57. The molecule has 0 spiro atoms. The maximum atomic E-state index is 12.9. The van der Waals surface area contributed by atoms with E-state index in [9.17, 15) is 4.79 Å². The molecule has 2 aliphatic rings. The Bertz CT molecular complexity index is 798. The number of amides is 1. The van der Waals surface area contributed by atoms with Crippen molar-refractivity contribution in [3.8, 4) is 0 Å². The number of hydrogen-bond acceptors (Lipinski definition) is 5. The fourth-order valence-corrected chi connectivity index (χ4v) is 3.58. The van der Waals surface area contributed by atoms with E-state index in [1.807, 2.05) is 36.4 Å². The Morgan fingerprint density at radius 1 is 1.19 bits per heavy atom. The van der Waals surface area contributed by atoms with Crippen LogP contribution in [0.1, 0.15) is 30.2 Å².